The van der Waals surface area contributed by atoms with Crippen molar-refractivity contribution in [3.05, 3.63) is 35.4 Å². The smallest absolute Gasteiger partial charge is 0.302 e. The summed E-state index contributed by atoms with van der Waals surface area (Å²) < 4.78 is 20.6. The number of carbonyl (C=O) groups excluding carboxylic acids is 1. The maximum absolute atomic E-state index is 10.8. The van der Waals surface area contributed by atoms with E-state index in [-0.39, 0.29) is 12.8 Å². The van der Waals surface area contributed by atoms with Crippen LogP contribution in [-0.4, -0.2) is 33.6 Å². The Morgan fingerprint density at radius 3 is 2.62 bits per heavy atom. The number of benzene rings is 1. The lowest BCUT2D eigenvalue weighted by molar-refractivity contribution is -0.139. The first kappa shape index (κ1) is 17.0. The Morgan fingerprint density at radius 1 is 1.24 bits per heavy atom. The third-order valence-corrected chi connectivity index (χ3v) is 2.77. The van der Waals surface area contributed by atoms with E-state index in [1.54, 1.807) is 14.2 Å². The minimum atomic E-state index is -0.284. The number of methoxy groups -OCH3 is 2. The third kappa shape index (κ3) is 6.31. The fourth-order valence-corrected chi connectivity index (χ4v) is 1.66. The van der Waals surface area contributed by atoms with Gasteiger partial charge in [-0.15, -0.1) is 0 Å². The van der Waals surface area contributed by atoms with Crippen molar-refractivity contribution in [2.45, 2.75) is 20.3 Å². The van der Waals surface area contributed by atoms with E-state index in [1.807, 2.05) is 31.2 Å². The van der Waals surface area contributed by atoms with Crippen LogP contribution in [0.5, 0.6) is 11.5 Å². The van der Waals surface area contributed by atoms with Crippen LogP contribution in [0, 0.1) is 0 Å². The molecule has 0 aliphatic heterocycles. The van der Waals surface area contributed by atoms with Crippen LogP contribution in [0.25, 0.3) is 0 Å². The molecule has 0 aliphatic rings. The van der Waals surface area contributed by atoms with Gasteiger partial charge in [-0.05, 0) is 37.1 Å². The molecule has 0 atom stereocenters. The Hall–Kier alpha value is -2.01. The van der Waals surface area contributed by atoms with Crippen molar-refractivity contribution in [3.63, 3.8) is 0 Å². The molecule has 0 fully saturated rings. The second-order valence-corrected chi connectivity index (χ2v) is 4.56. The van der Waals surface area contributed by atoms with Gasteiger partial charge < -0.3 is 18.9 Å². The van der Waals surface area contributed by atoms with Gasteiger partial charge in [-0.3, -0.25) is 4.79 Å². The number of carbonyl (C=O) groups is 1. The summed E-state index contributed by atoms with van der Waals surface area (Å²) in [5.74, 6) is 1.23. The molecule has 1 aromatic carbocycles. The highest BCUT2D eigenvalue weighted by Gasteiger charge is 2.05. The summed E-state index contributed by atoms with van der Waals surface area (Å²) >= 11 is 0. The van der Waals surface area contributed by atoms with Gasteiger partial charge in [0, 0.05) is 19.6 Å². The lowest BCUT2D eigenvalue weighted by Crippen LogP contribution is -2.03. The summed E-state index contributed by atoms with van der Waals surface area (Å²) in [7, 11) is 3.20. The number of esters is 1. The van der Waals surface area contributed by atoms with E-state index in [2.05, 4.69) is 0 Å². The minimum absolute atomic E-state index is 0.190. The van der Waals surface area contributed by atoms with E-state index >= 15 is 0 Å². The Bertz CT molecular complexity index is 493. The van der Waals surface area contributed by atoms with Gasteiger partial charge in [-0.1, -0.05) is 6.08 Å². The van der Waals surface area contributed by atoms with Crippen LogP contribution in [0.15, 0.2) is 29.8 Å². The van der Waals surface area contributed by atoms with Gasteiger partial charge in [0.2, 0.25) is 0 Å². The van der Waals surface area contributed by atoms with E-state index in [9.17, 15) is 4.79 Å². The SMILES string of the molecule is COCOc1ccc(OC)cc1C/C=C(\C)COC(C)=O. The van der Waals surface area contributed by atoms with Crippen molar-refractivity contribution in [2.75, 3.05) is 27.6 Å². The topological polar surface area (TPSA) is 54.0 Å². The predicted octanol–water partition coefficient (Wildman–Crippen LogP) is 2.73. The summed E-state index contributed by atoms with van der Waals surface area (Å²) in [6.45, 7) is 3.80. The largest absolute Gasteiger partial charge is 0.497 e. The van der Waals surface area contributed by atoms with Crippen LogP contribution in [0.4, 0.5) is 0 Å². The average molecular weight is 294 g/mol. The van der Waals surface area contributed by atoms with Gasteiger partial charge in [-0.2, -0.15) is 0 Å². The van der Waals surface area contributed by atoms with Crippen LogP contribution in [0.3, 0.4) is 0 Å². The van der Waals surface area contributed by atoms with Crippen LogP contribution in [0.2, 0.25) is 0 Å². The molecule has 0 amide bonds. The molecule has 0 saturated carbocycles. The Balaban J connectivity index is 2.78. The molecule has 0 N–H and O–H groups in total. The maximum Gasteiger partial charge on any atom is 0.302 e. The van der Waals surface area contributed by atoms with Gasteiger partial charge >= 0.3 is 5.97 Å². The third-order valence-electron chi connectivity index (χ3n) is 2.77. The van der Waals surface area contributed by atoms with Crippen molar-refractivity contribution >= 4 is 5.97 Å². The second-order valence-electron chi connectivity index (χ2n) is 4.56. The Kier molecular flexibility index (Phi) is 7.32. The van der Waals surface area contributed by atoms with Crippen LogP contribution in [-0.2, 0) is 20.7 Å². The standard InChI is InChI=1S/C16H22O5/c1-12(10-20-13(2)17)5-6-14-9-15(19-4)7-8-16(14)21-11-18-3/h5,7-9H,6,10-11H2,1-4H3/b12-5+. The van der Waals surface area contributed by atoms with Gasteiger partial charge in [0.1, 0.15) is 18.1 Å². The quantitative estimate of drug-likeness (QED) is 0.419. The average Bonchev–Trinajstić information content (AvgIpc) is 2.49. The van der Waals surface area contributed by atoms with Crippen LogP contribution in [0.1, 0.15) is 19.4 Å². The molecular formula is C16H22O5. The molecule has 1 rings (SSSR count). The van der Waals surface area contributed by atoms with E-state index in [0.29, 0.717) is 13.0 Å². The molecule has 0 aromatic heterocycles. The lowest BCUT2D eigenvalue weighted by atomic mass is 10.1. The Morgan fingerprint density at radius 2 is 2.00 bits per heavy atom. The van der Waals surface area contributed by atoms with Gasteiger partial charge in [0.05, 0.1) is 7.11 Å². The summed E-state index contributed by atoms with van der Waals surface area (Å²) in [4.78, 5) is 10.8. The normalized spacial score (nSPS) is 11.1. The first-order valence-corrected chi connectivity index (χ1v) is 6.64. The zero-order valence-electron chi connectivity index (χ0n) is 13.0. The van der Waals surface area contributed by atoms with Crippen molar-refractivity contribution in [2.24, 2.45) is 0 Å². The van der Waals surface area contributed by atoms with Crippen molar-refractivity contribution < 1.29 is 23.7 Å². The summed E-state index contributed by atoms with van der Waals surface area (Å²) in [6.07, 6.45) is 2.65. The highest BCUT2D eigenvalue weighted by Crippen LogP contribution is 2.25. The molecule has 0 heterocycles. The first-order chi connectivity index (χ1) is 10.1. The molecule has 0 bridgehead atoms. The molecule has 0 spiro atoms. The highest BCUT2D eigenvalue weighted by atomic mass is 16.7. The van der Waals surface area contributed by atoms with Crippen LogP contribution >= 0.6 is 0 Å². The first-order valence-electron chi connectivity index (χ1n) is 6.64. The molecule has 0 radical (unpaired) electrons. The molecule has 116 valence electrons. The van der Waals surface area contributed by atoms with Crippen molar-refractivity contribution in [1.29, 1.82) is 0 Å². The lowest BCUT2D eigenvalue weighted by Gasteiger charge is -2.11. The van der Waals surface area contributed by atoms with E-state index in [0.717, 1.165) is 22.6 Å². The minimum Gasteiger partial charge on any atom is -0.497 e. The predicted molar refractivity (Wildman–Crippen MR) is 79.6 cm³/mol. The number of hydrogen-bond acceptors (Lipinski definition) is 5. The molecular weight excluding hydrogens is 272 g/mol. The summed E-state index contributed by atoms with van der Waals surface area (Å²) in [6, 6.07) is 5.60. The maximum atomic E-state index is 10.8. The van der Waals surface area contributed by atoms with E-state index in [4.69, 9.17) is 18.9 Å². The molecule has 21 heavy (non-hydrogen) atoms. The van der Waals surface area contributed by atoms with Crippen LogP contribution < -0.4 is 9.47 Å². The summed E-state index contributed by atoms with van der Waals surface area (Å²) in [5, 5.41) is 0. The fraction of sp³-hybridized carbons (Fsp3) is 0.438. The second kappa shape index (κ2) is 9.02. The zero-order valence-corrected chi connectivity index (χ0v) is 13.0. The molecule has 5 heteroatoms. The molecule has 5 nitrogen and oxygen atoms in total. The number of allylic oxidation sites excluding steroid dienone is 1. The number of rotatable bonds is 8. The van der Waals surface area contributed by atoms with Crippen molar-refractivity contribution in [1.82, 2.24) is 0 Å². The molecule has 0 saturated heterocycles. The number of hydrogen-bond donors (Lipinski definition) is 0. The monoisotopic (exact) mass is 294 g/mol. The zero-order chi connectivity index (χ0) is 15.7. The van der Waals surface area contributed by atoms with Crippen molar-refractivity contribution in [3.8, 4) is 11.5 Å². The van der Waals surface area contributed by atoms with E-state index < -0.39 is 0 Å². The van der Waals surface area contributed by atoms with Gasteiger partial charge in [0.25, 0.3) is 0 Å². The van der Waals surface area contributed by atoms with Gasteiger partial charge in [0.15, 0.2) is 6.79 Å². The molecule has 0 unspecified atom stereocenters. The highest BCUT2D eigenvalue weighted by molar-refractivity contribution is 5.66. The Labute approximate surface area is 125 Å². The molecule has 1 aromatic rings. The van der Waals surface area contributed by atoms with E-state index in [1.165, 1.54) is 6.92 Å². The number of ether oxygens (including phenoxy) is 4. The van der Waals surface area contributed by atoms with Gasteiger partial charge in [-0.25, -0.2) is 0 Å². The fourth-order valence-electron chi connectivity index (χ4n) is 1.66. The molecule has 0 aliphatic carbocycles. The summed E-state index contributed by atoms with van der Waals surface area (Å²) in [5.41, 5.74) is 1.96.